The summed E-state index contributed by atoms with van der Waals surface area (Å²) in [5, 5.41) is 0.833. The maximum atomic E-state index is 13.6. The molecular weight excluding hydrogens is 452 g/mol. The van der Waals surface area contributed by atoms with Gasteiger partial charge in [-0.15, -0.1) is 0 Å². The van der Waals surface area contributed by atoms with Crippen LogP contribution in [-0.2, 0) is 6.18 Å². The normalized spacial score (nSPS) is 11.8. The van der Waals surface area contributed by atoms with Gasteiger partial charge in [-0.3, -0.25) is 0 Å². The smallest absolute Gasteiger partial charge is 0.166 e. The van der Waals surface area contributed by atoms with E-state index in [-0.39, 0.29) is 5.92 Å². The Morgan fingerprint density at radius 3 is 1.78 bits per heavy atom. The van der Waals surface area contributed by atoms with Gasteiger partial charge in [-0.05, 0) is 40.5 Å². The molecule has 4 aromatic carbocycles. The van der Waals surface area contributed by atoms with E-state index in [1.165, 1.54) is 12.1 Å². The van der Waals surface area contributed by atoms with Crippen molar-refractivity contribution in [2.45, 2.75) is 12.1 Å². The zero-order valence-corrected chi connectivity index (χ0v) is 18.3. The van der Waals surface area contributed by atoms with Crippen molar-refractivity contribution in [3.63, 3.8) is 0 Å². The first-order valence-electron chi connectivity index (χ1n) is 9.94. The van der Waals surface area contributed by atoms with Crippen LogP contribution >= 0.6 is 23.2 Å². The molecule has 161 valence electrons. The molecule has 0 N–H and O–H groups in total. The molecule has 0 saturated carbocycles. The second kappa shape index (κ2) is 9.40. The Morgan fingerprint density at radius 2 is 1.25 bits per heavy atom. The van der Waals surface area contributed by atoms with E-state index in [0.29, 0.717) is 27.1 Å². The van der Waals surface area contributed by atoms with Crippen molar-refractivity contribution in [1.82, 2.24) is 0 Å². The summed E-state index contributed by atoms with van der Waals surface area (Å²) < 4.78 is 40.7. The van der Waals surface area contributed by atoms with Gasteiger partial charge in [0.2, 0.25) is 0 Å². The first-order chi connectivity index (χ1) is 15.3. The third-order valence-electron chi connectivity index (χ3n) is 5.28. The van der Waals surface area contributed by atoms with Crippen molar-refractivity contribution in [2.24, 2.45) is 0 Å². The second-order valence-corrected chi connectivity index (χ2v) is 8.21. The number of benzene rings is 4. The molecule has 0 nitrogen and oxygen atoms in total. The van der Waals surface area contributed by atoms with E-state index in [4.69, 9.17) is 23.2 Å². The highest BCUT2D eigenvalue weighted by Crippen LogP contribution is 2.45. The van der Waals surface area contributed by atoms with Crippen molar-refractivity contribution in [1.29, 1.82) is 0 Å². The van der Waals surface area contributed by atoms with Gasteiger partial charge in [0.05, 0.1) is 5.56 Å². The zero-order valence-electron chi connectivity index (χ0n) is 16.8. The molecule has 0 heterocycles. The number of hydrogen-bond acceptors (Lipinski definition) is 0. The van der Waals surface area contributed by atoms with Crippen molar-refractivity contribution in [2.75, 3.05) is 0 Å². The van der Waals surface area contributed by atoms with Gasteiger partial charge in [0, 0.05) is 21.9 Å². The van der Waals surface area contributed by atoms with Crippen molar-refractivity contribution >= 4 is 23.2 Å². The van der Waals surface area contributed by atoms with E-state index >= 15 is 0 Å². The van der Waals surface area contributed by atoms with E-state index in [9.17, 15) is 13.2 Å². The Bertz CT molecular complexity index is 1150. The van der Waals surface area contributed by atoms with E-state index in [1.807, 2.05) is 60.7 Å². The van der Waals surface area contributed by atoms with E-state index < -0.39 is 11.7 Å². The highest BCUT2D eigenvalue weighted by atomic mass is 35.5. The van der Waals surface area contributed by atoms with Gasteiger partial charge in [-0.1, -0.05) is 108 Å². The average Bonchev–Trinajstić information content (AvgIpc) is 2.79. The maximum absolute atomic E-state index is 13.6. The molecule has 0 aliphatic carbocycles. The lowest BCUT2D eigenvalue weighted by atomic mass is 9.73. The van der Waals surface area contributed by atoms with E-state index in [1.54, 1.807) is 24.3 Å². The highest BCUT2D eigenvalue weighted by Gasteiger charge is 2.34. The topological polar surface area (TPSA) is 0 Å². The minimum Gasteiger partial charge on any atom is -0.166 e. The molecule has 0 amide bonds. The summed E-state index contributed by atoms with van der Waals surface area (Å²) in [4.78, 5) is 0. The molecule has 0 saturated heterocycles. The summed E-state index contributed by atoms with van der Waals surface area (Å²) in [6, 6.07) is 29.8. The van der Waals surface area contributed by atoms with Gasteiger partial charge in [0.15, 0.2) is 0 Å². The third kappa shape index (κ3) is 4.85. The molecule has 0 aromatic heterocycles. The fraction of sp³-hybridized carbons (Fsp3) is 0.0741. The number of hydrogen-bond donors (Lipinski definition) is 0. The molecule has 32 heavy (non-hydrogen) atoms. The third-order valence-corrected chi connectivity index (χ3v) is 5.82. The molecular formula is C27H18Cl2F3. The van der Waals surface area contributed by atoms with Crippen molar-refractivity contribution in [3.05, 3.63) is 147 Å². The Hall–Kier alpha value is -2.75. The lowest BCUT2D eigenvalue weighted by molar-refractivity contribution is -0.137. The molecule has 0 aliphatic heterocycles. The SMILES string of the molecule is FC(F)(F)c1cccc([C](c2ccc(Cl)cc2Cl)C(c2ccccc2)c2ccccc2)c1. The summed E-state index contributed by atoms with van der Waals surface area (Å²) in [5.41, 5.74) is 2.25. The fourth-order valence-corrected chi connectivity index (χ4v) is 4.38. The molecule has 0 atom stereocenters. The predicted octanol–water partition coefficient (Wildman–Crippen LogP) is 8.82. The standard InChI is InChI=1S/C27H18Cl2F3/c28-22-14-15-23(24(29)17-22)26(20-12-7-13-21(16-20)27(30,31)32)25(18-8-3-1-4-9-18)19-10-5-2-6-11-19/h1-17,25H. The van der Waals surface area contributed by atoms with Gasteiger partial charge >= 0.3 is 6.18 Å². The quantitative estimate of drug-likeness (QED) is 0.273. The highest BCUT2D eigenvalue weighted by molar-refractivity contribution is 6.35. The molecule has 0 fully saturated rings. The van der Waals surface area contributed by atoms with Crippen LogP contribution in [0, 0.1) is 5.92 Å². The van der Waals surface area contributed by atoms with Crippen molar-refractivity contribution in [3.8, 4) is 0 Å². The summed E-state index contributed by atoms with van der Waals surface area (Å²) in [7, 11) is 0. The van der Waals surface area contributed by atoms with Crippen molar-refractivity contribution < 1.29 is 13.2 Å². The summed E-state index contributed by atoms with van der Waals surface area (Å²) in [6.45, 7) is 0. The van der Waals surface area contributed by atoms with Crippen LogP contribution in [0.15, 0.2) is 103 Å². The Kier molecular flexibility index (Phi) is 6.59. The van der Waals surface area contributed by atoms with E-state index in [0.717, 1.165) is 17.2 Å². The van der Waals surface area contributed by atoms with E-state index in [2.05, 4.69) is 0 Å². The van der Waals surface area contributed by atoms with Gasteiger partial charge in [0.1, 0.15) is 0 Å². The summed E-state index contributed by atoms with van der Waals surface area (Å²) in [5.74, 6) is 0.328. The lowest BCUT2D eigenvalue weighted by Gasteiger charge is -2.30. The first kappa shape index (κ1) is 22.4. The van der Waals surface area contributed by atoms with Gasteiger partial charge < -0.3 is 0 Å². The van der Waals surface area contributed by atoms with Crippen LogP contribution in [0.1, 0.15) is 33.7 Å². The zero-order chi connectivity index (χ0) is 22.7. The summed E-state index contributed by atoms with van der Waals surface area (Å²) >= 11 is 12.7. The molecule has 4 aromatic rings. The Morgan fingerprint density at radius 1 is 0.656 bits per heavy atom. The lowest BCUT2D eigenvalue weighted by Crippen LogP contribution is -2.17. The average molecular weight is 470 g/mol. The Labute approximate surface area is 195 Å². The molecule has 0 unspecified atom stereocenters. The van der Waals surface area contributed by atoms with Crippen LogP contribution in [-0.4, -0.2) is 0 Å². The van der Waals surface area contributed by atoms with Gasteiger partial charge in [0.25, 0.3) is 0 Å². The summed E-state index contributed by atoms with van der Waals surface area (Å²) in [6.07, 6.45) is -4.46. The second-order valence-electron chi connectivity index (χ2n) is 7.37. The monoisotopic (exact) mass is 469 g/mol. The number of halogens is 5. The molecule has 0 bridgehead atoms. The number of alkyl halides is 3. The number of rotatable bonds is 5. The van der Waals surface area contributed by atoms with Crippen LogP contribution in [0.4, 0.5) is 13.2 Å². The maximum Gasteiger partial charge on any atom is 0.416 e. The van der Waals surface area contributed by atoms with Gasteiger partial charge in [-0.25, -0.2) is 0 Å². The first-order valence-corrected chi connectivity index (χ1v) is 10.7. The molecule has 0 aliphatic rings. The van der Waals surface area contributed by atoms with Gasteiger partial charge in [-0.2, -0.15) is 13.2 Å². The van der Waals surface area contributed by atoms with Crippen LogP contribution in [0.25, 0.3) is 0 Å². The van der Waals surface area contributed by atoms with Crippen LogP contribution < -0.4 is 0 Å². The molecule has 4 rings (SSSR count). The fourth-order valence-electron chi connectivity index (χ4n) is 3.87. The Balaban J connectivity index is 1.99. The van der Waals surface area contributed by atoms with Crippen LogP contribution in [0.3, 0.4) is 0 Å². The molecule has 1 radical (unpaired) electrons. The predicted molar refractivity (Wildman–Crippen MR) is 124 cm³/mol. The molecule has 0 spiro atoms. The van der Waals surface area contributed by atoms with Crippen LogP contribution in [0.5, 0.6) is 0 Å². The molecule has 5 heteroatoms. The minimum absolute atomic E-state index is 0.348. The largest absolute Gasteiger partial charge is 0.416 e. The van der Waals surface area contributed by atoms with Crippen LogP contribution in [0.2, 0.25) is 10.0 Å². The minimum atomic E-state index is -4.46.